The molecule has 38 heavy (non-hydrogen) atoms. The molecular formula is C30H29N3O3S2. The minimum atomic E-state index is -0.357. The molecule has 2 heterocycles. The van der Waals surface area contributed by atoms with Crippen LogP contribution in [0.3, 0.4) is 0 Å². The molecule has 2 aromatic carbocycles. The van der Waals surface area contributed by atoms with Crippen LogP contribution in [-0.4, -0.2) is 28.6 Å². The number of para-hydroxylation sites is 1. The van der Waals surface area contributed by atoms with Gasteiger partial charge in [0.05, 0.1) is 28.9 Å². The van der Waals surface area contributed by atoms with Gasteiger partial charge in [-0.25, -0.2) is 9.78 Å². The Hall–Kier alpha value is -3.62. The predicted molar refractivity (Wildman–Crippen MR) is 157 cm³/mol. The molecule has 1 atom stereocenters. The fourth-order valence-electron chi connectivity index (χ4n) is 4.93. The summed E-state index contributed by atoms with van der Waals surface area (Å²) in [6.07, 6.45) is 3.93. The zero-order valence-corrected chi connectivity index (χ0v) is 23.0. The Morgan fingerprint density at radius 1 is 1.11 bits per heavy atom. The number of hydrogen-bond donors (Lipinski definition) is 2. The van der Waals surface area contributed by atoms with Gasteiger partial charge in [-0.15, -0.1) is 11.3 Å². The van der Waals surface area contributed by atoms with Crippen LogP contribution in [0.2, 0.25) is 0 Å². The first-order chi connectivity index (χ1) is 18.5. The summed E-state index contributed by atoms with van der Waals surface area (Å²) in [6, 6.07) is 19.1. The highest BCUT2D eigenvalue weighted by Gasteiger charge is 2.29. The van der Waals surface area contributed by atoms with E-state index < -0.39 is 0 Å². The van der Waals surface area contributed by atoms with Crippen LogP contribution in [0.15, 0.2) is 60.7 Å². The molecule has 194 valence electrons. The number of pyridine rings is 1. The number of nitrogens with zero attached hydrogens (tertiary/aromatic N) is 1. The van der Waals surface area contributed by atoms with E-state index in [0.717, 1.165) is 47.7 Å². The number of anilines is 1. The minimum absolute atomic E-state index is 0.133. The third kappa shape index (κ3) is 5.33. The Balaban J connectivity index is 1.43. The topological polar surface area (TPSA) is 80.3 Å². The van der Waals surface area contributed by atoms with Gasteiger partial charge in [0, 0.05) is 15.8 Å². The van der Waals surface area contributed by atoms with Gasteiger partial charge in [0.1, 0.15) is 5.00 Å². The molecule has 2 N–H and O–H groups in total. The third-order valence-electron chi connectivity index (χ3n) is 6.91. The van der Waals surface area contributed by atoms with Crippen LogP contribution < -0.4 is 10.6 Å². The van der Waals surface area contributed by atoms with Crippen LogP contribution in [0.5, 0.6) is 0 Å². The molecule has 0 saturated heterocycles. The van der Waals surface area contributed by atoms with Crippen molar-refractivity contribution in [3.8, 4) is 11.3 Å². The molecule has 0 saturated carbocycles. The summed E-state index contributed by atoms with van der Waals surface area (Å²) in [5.41, 5.74) is 4.40. The molecule has 5 rings (SSSR count). The van der Waals surface area contributed by atoms with E-state index in [-0.39, 0.29) is 17.0 Å². The first kappa shape index (κ1) is 26.0. The van der Waals surface area contributed by atoms with Crippen LogP contribution in [0.1, 0.15) is 57.8 Å². The molecule has 1 amide bonds. The molecule has 4 aromatic rings. The quantitative estimate of drug-likeness (QED) is 0.206. The molecular weight excluding hydrogens is 514 g/mol. The summed E-state index contributed by atoms with van der Waals surface area (Å²) in [7, 11) is 0. The Bertz CT molecular complexity index is 1510. The normalized spacial score (nSPS) is 14.5. The first-order valence-electron chi connectivity index (χ1n) is 12.9. The van der Waals surface area contributed by atoms with E-state index in [1.54, 1.807) is 13.0 Å². The Morgan fingerprint density at radius 2 is 1.87 bits per heavy atom. The number of thiophene rings is 1. The SMILES string of the molecule is CCOC(=O)c1c(NC(=S)NC(=O)c2cc(-c3ccccc3)nc3ccccc23)sc2c1CC[C@H](CC)C2. The lowest BCUT2D eigenvalue weighted by Crippen LogP contribution is -2.34. The summed E-state index contributed by atoms with van der Waals surface area (Å²) in [5, 5.41) is 7.45. The van der Waals surface area contributed by atoms with Crippen LogP contribution >= 0.6 is 23.6 Å². The van der Waals surface area contributed by atoms with E-state index in [4.69, 9.17) is 21.9 Å². The van der Waals surface area contributed by atoms with Gasteiger partial charge in [-0.2, -0.15) is 0 Å². The van der Waals surface area contributed by atoms with E-state index in [1.165, 1.54) is 16.2 Å². The Kier molecular flexibility index (Phi) is 7.81. The number of aromatic nitrogens is 1. The van der Waals surface area contributed by atoms with Gasteiger partial charge in [-0.05, 0) is 62.0 Å². The van der Waals surface area contributed by atoms with E-state index >= 15 is 0 Å². The molecule has 1 aliphatic carbocycles. The molecule has 0 bridgehead atoms. The summed E-state index contributed by atoms with van der Waals surface area (Å²) in [5.74, 6) is -0.0954. The number of benzene rings is 2. The number of hydrogen-bond acceptors (Lipinski definition) is 6. The molecule has 1 aliphatic rings. The van der Waals surface area contributed by atoms with Crippen LogP contribution in [0, 0.1) is 5.92 Å². The van der Waals surface area contributed by atoms with Gasteiger partial charge in [-0.1, -0.05) is 61.9 Å². The minimum Gasteiger partial charge on any atom is -0.462 e. The van der Waals surface area contributed by atoms with E-state index in [2.05, 4.69) is 17.6 Å². The fourth-order valence-corrected chi connectivity index (χ4v) is 6.55. The average Bonchev–Trinajstić information content (AvgIpc) is 3.29. The Morgan fingerprint density at radius 3 is 2.63 bits per heavy atom. The van der Waals surface area contributed by atoms with Crippen molar-refractivity contribution < 1.29 is 14.3 Å². The maximum absolute atomic E-state index is 13.5. The third-order valence-corrected chi connectivity index (χ3v) is 8.28. The number of esters is 1. The first-order valence-corrected chi connectivity index (χ1v) is 14.1. The van der Waals surface area contributed by atoms with Crippen LogP contribution in [0.4, 0.5) is 5.00 Å². The summed E-state index contributed by atoms with van der Waals surface area (Å²) in [6.45, 7) is 4.29. The van der Waals surface area contributed by atoms with Crippen molar-refractivity contribution in [2.45, 2.75) is 39.5 Å². The van der Waals surface area contributed by atoms with Gasteiger partial charge in [0.25, 0.3) is 5.91 Å². The van der Waals surface area contributed by atoms with Crippen molar-refractivity contribution in [1.29, 1.82) is 0 Å². The molecule has 0 fully saturated rings. The number of fused-ring (bicyclic) bond motifs is 2. The number of carbonyl (C=O) groups is 2. The van der Waals surface area contributed by atoms with Crippen LogP contribution in [0.25, 0.3) is 22.2 Å². The maximum atomic E-state index is 13.5. The highest BCUT2D eigenvalue weighted by atomic mass is 32.1. The van der Waals surface area contributed by atoms with Gasteiger partial charge >= 0.3 is 5.97 Å². The smallest absolute Gasteiger partial charge is 0.341 e. The summed E-state index contributed by atoms with van der Waals surface area (Å²) in [4.78, 5) is 32.3. The van der Waals surface area contributed by atoms with E-state index in [9.17, 15) is 9.59 Å². The lowest BCUT2D eigenvalue weighted by molar-refractivity contribution is 0.0526. The summed E-state index contributed by atoms with van der Waals surface area (Å²) < 4.78 is 5.37. The van der Waals surface area contributed by atoms with E-state index in [0.29, 0.717) is 34.3 Å². The highest BCUT2D eigenvalue weighted by molar-refractivity contribution is 7.80. The fraction of sp³-hybridized carbons (Fsp3) is 0.267. The number of rotatable bonds is 6. The second-order valence-electron chi connectivity index (χ2n) is 9.29. The largest absolute Gasteiger partial charge is 0.462 e. The molecule has 8 heteroatoms. The number of amides is 1. The standard InChI is InChI=1S/C30H29N3O3S2/c1-3-18-14-15-21-25(16-18)38-28(26(21)29(35)36-4-2)33-30(37)32-27(34)22-17-24(19-10-6-5-7-11-19)31-23-13-9-8-12-20(22)23/h5-13,17-18H,3-4,14-16H2,1-2H3,(H2,32,33,34,37)/t18-/m0/s1. The molecule has 0 radical (unpaired) electrons. The maximum Gasteiger partial charge on any atom is 0.341 e. The Labute approximate surface area is 231 Å². The average molecular weight is 544 g/mol. The molecule has 0 aliphatic heterocycles. The second-order valence-corrected chi connectivity index (χ2v) is 10.8. The zero-order valence-electron chi connectivity index (χ0n) is 21.4. The van der Waals surface area contributed by atoms with Crippen molar-refractivity contribution in [2.75, 3.05) is 11.9 Å². The highest BCUT2D eigenvalue weighted by Crippen LogP contribution is 2.41. The second kappa shape index (κ2) is 11.4. The molecule has 2 aromatic heterocycles. The molecule has 6 nitrogen and oxygen atoms in total. The predicted octanol–water partition coefficient (Wildman–Crippen LogP) is 6.78. The molecule has 0 unspecified atom stereocenters. The summed E-state index contributed by atoms with van der Waals surface area (Å²) >= 11 is 7.08. The van der Waals surface area contributed by atoms with E-state index in [1.807, 2.05) is 54.6 Å². The van der Waals surface area contributed by atoms with Gasteiger partial charge in [0.2, 0.25) is 0 Å². The number of carbonyl (C=O) groups excluding carboxylic acids is 2. The number of thiocarbonyl (C=S) groups is 1. The van der Waals surface area contributed by atoms with Crippen molar-refractivity contribution in [3.63, 3.8) is 0 Å². The lowest BCUT2D eigenvalue weighted by Gasteiger charge is -2.21. The number of ether oxygens (including phenoxy) is 1. The lowest BCUT2D eigenvalue weighted by atomic mass is 9.86. The van der Waals surface area contributed by atoms with Crippen molar-refractivity contribution in [1.82, 2.24) is 10.3 Å². The van der Waals surface area contributed by atoms with Gasteiger partial charge < -0.3 is 10.1 Å². The van der Waals surface area contributed by atoms with Crippen molar-refractivity contribution in [3.05, 3.63) is 82.2 Å². The monoisotopic (exact) mass is 543 g/mol. The zero-order chi connectivity index (χ0) is 26.6. The van der Waals surface area contributed by atoms with Crippen LogP contribution in [-0.2, 0) is 17.6 Å². The number of nitrogens with one attached hydrogen (secondary N) is 2. The van der Waals surface area contributed by atoms with Gasteiger partial charge in [0.15, 0.2) is 5.11 Å². The molecule has 0 spiro atoms. The van der Waals surface area contributed by atoms with Crippen molar-refractivity contribution in [2.24, 2.45) is 5.92 Å². The van der Waals surface area contributed by atoms with Gasteiger partial charge in [-0.3, -0.25) is 10.1 Å². The van der Waals surface area contributed by atoms with Crippen molar-refractivity contribution >= 4 is 56.4 Å².